The second-order valence-electron chi connectivity index (χ2n) is 6.92. The molecule has 26 heavy (non-hydrogen) atoms. The summed E-state index contributed by atoms with van der Waals surface area (Å²) < 4.78 is 0. The molecule has 1 amide bonds. The summed E-state index contributed by atoms with van der Waals surface area (Å²) in [6.07, 6.45) is 4.01. The fourth-order valence-corrected chi connectivity index (χ4v) is 3.04. The Labute approximate surface area is 157 Å². The SMILES string of the molecule is CCNC(=NCc1ccc(C(=O)N(C)C)cc1)NCCN1CCCCC1. The molecule has 2 N–H and O–H groups in total. The lowest BCUT2D eigenvalue weighted by Crippen LogP contribution is -2.42. The van der Waals surface area contributed by atoms with Crippen molar-refractivity contribution >= 4 is 11.9 Å². The van der Waals surface area contributed by atoms with E-state index in [-0.39, 0.29) is 5.91 Å². The maximum absolute atomic E-state index is 11.9. The zero-order valence-corrected chi connectivity index (χ0v) is 16.4. The van der Waals surface area contributed by atoms with E-state index in [1.54, 1.807) is 19.0 Å². The van der Waals surface area contributed by atoms with Gasteiger partial charge in [0.2, 0.25) is 0 Å². The largest absolute Gasteiger partial charge is 0.357 e. The Morgan fingerprint density at radius 2 is 1.81 bits per heavy atom. The number of carbonyl (C=O) groups excluding carboxylic acids is 1. The van der Waals surface area contributed by atoms with Gasteiger partial charge in [0.1, 0.15) is 0 Å². The van der Waals surface area contributed by atoms with Gasteiger partial charge in [-0.05, 0) is 50.6 Å². The van der Waals surface area contributed by atoms with Crippen molar-refractivity contribution in [3.05, 3.63) is 35.4 Å². The molecule has 6 nitrogen and oxygen atoms in total. The quantitative estimate of drug-likeness (QED) is 0.577. The van der Waals surface area contributed by atoms with Crippen LogP contribution in [0.4, 0.5) is 0 Å². The van der Waals surface area contributed by atoms with Crippen molar-refractivity contribution in [3.8, 4) is 0 Å². The van der Waals surface area contributed by atoms with Crippen LogP contribution >= 0.6 is 0 Å². The number of hydrogen-bond acceptors (Lipinski definition) is 3. The molecule has 2 rings (SSSR count). The average molecular weight is 360 g/mol. The van der Waals surface area contributed by atoms with E-state index < -0.39 is 0 Å². The summed E-state index contributed by atoms with van der Waals surface area (Å²) in [7, 11) is 3.53. The van der Waals surface area contributed by atoms with Gasteiger partial charge < -0.3 is 20.4 Å². The minimum absolute atomic E-state index is 0.0211. The van der Waals surface area contributed by atoms with Gasteiger partial charge in [-0.2, -0.15) is 0 Å². The zero-order chi connectivity index (χ0) is 18.8. The van der Waals surface area contributed by atoms with Gasteiger partial charge in [-0.25, -0.2) is 4.99 Å². The number of amides is 1. The predicted molar refractivity (Wildman–Crippen MR) is 108 cm³/mol. The molecule has 1 aromatic carbocycles. The molecule has 0 atom stereocenters. The smallest absolute Gasteiger partial charge is 0.253 e. The monoisotopic (exact) mass is 359 g/mol. The van der Waals surface area contributed by atoms with Gasteiger partial charge in [-0.1, -0.05) is 18.6 Å². The molecule has 1 aromatic rings. The van der Waals surface area contributed by atoms with Gasteiger partial charge in [0.05, 0.1) is 6.54 Å². The van der Waals surface area contributed by atoms with Crippen LogP contribution in [-0.2, 0) is 6.54 Å². The third kappa shape index (κ3) is 6.67. The van der Waals surface area contributed by atoms with E-state index in [1.165, 1.54) is 32.4 Å². The van der Waals surface area contributed by atoms with Crippen molar-refractivity contribution in [2.75, 3.05) is 46.8 Å². The van der Waals surface area contributed by atoms with E-state index >= 15 is 0 Å². The van der Waals surface area contributed by atoms with Crippen LogP contribution in [0, 0.1) is 0 Å². The lowest BCUT2D eigenvalue weighted by Gasteiger charge is -2.26. The fourth-order valence-electron chi connectivity index (χ4n) is 3.04. The van der Waals surface area contributed by atoms with Gasteiger partial charge in [0.15, 0.2) is 5.96 Å². The second kappa shape index (κ2) is 10.8. The highest BCUT2D eigenvalue weighted by molar-refractivity contribution is 5.93. The summed E-state index contributed by atoms with van der Waals surface area (Å²) in [6, 6.07) is 7.67. The molecule has 1 aliphatic rings. The number of likely N-dealkylation sites (tertiary alicyclic amines) is 1. The van der Waals surface area contributed by atoms with Gasteiger partial charge in [-0.15, -0.1) is 0 Å². The molecule has 144 valence electrons. The molecule has 0 aromatic heterocycles. The zero-order valence-electron chi connectivity index (χ0n) is 16.4. The predicted octanol–water partition coefficient (Wildman–Crippen LogP) is 1.93. The Morgan fingerprint density at radius 3 is 2.42 bits per heavy atom. The van der Waals surface area contributed by atoms with Crippen LogP contribution in [0.1, 0.15) is 42.1 Å². The molecule has 6 heteroatoms. The van der Waals surface area contributed by atoms with Gasteiger partial charge in [0, 0.05) is 39.3 Å². The Morgan fingerprint density at radius 1 is 1.12 bits per heavy atom. The minimum atomic E-state index is 0.0211. The van der Waals surface area contributed by atoms with E-state index in [0.717, 1.165) is 31.2 Å². The first-order valence-electron chi connectivity index (χ1n) is 9.65. The highest BCUT2D eigenvalue weighted by atomic mass is 16.2. The van der Waals surface area contributed by atoms with Crippen LogP contribution in [-0.4, -0.2) is 68.5 Å². The maximum Gasteiger partial charge on any atom is 0.253 e. The first-order chi connectivity index (χ1) is 12.6. The Bertz CT molecular complexity index is 576. The summed E-state index contributed by atoms with van der Waals surface area (Å²) in [5, 5.41) is 6.71. The lowest BCUT2D eigenvalue weighted by atomic mass is 10.1. The highest BCUT2D eigenvalue weighted by Crippen LogP contribution is 2.08. The van der Waals surface area contributed by atoms with Crippen molar-refractivity contribution in [3.63, 3.8) is 0 Å². The third-order valence-electron chi connectivity index (χ3n) is 4.54. The van der Waals surface area contributed by atoms with E-state index in [9.17, 15) is 4.79 Å². The normalized spacial score (nSPS) is 15.6. The summed E-state index contributed by atoms with van der Waals surface area (Å²) >= 11 is 0. The lowest BCUT2D eigenvalue weighted by molar-refractivity contribution is 0.0827. The fraction of sp³-hybridized carbons (Fsp3) is 0.600. The standard InChI is InChI=1S/C20H33N5O/c1-4-21-20(22-12-15-25-13-6-5-7-14-25)23-16-17-8-10-18(11-9-17)19(26)24(2)3/h8-11H,4-7,12-16H2,1-3H3,(H2,21,22,23). The summed E-state index contributed by atoms with van der Waals surface area (Å²) in [5.74, 6) is 0.866. The topological polar surface area (TPSA) is 60.0 Å². The Balaban J connectivity index is 1.84. The third-order valence-corrected chi connectivity index (χ3v) is 4.54. The highest BCUT2D eigenvalue weighted by Gasteiger charge is 2.09. The van der Waals surface area contributed by atoms with Crippen LogP contribution in [0.15, 0.2) is 29.3 Å². The molecule has 1 fully saturated rings. The van der Waals surface area contributed by atoms with Gasteiger partial charge >= 0.3 is 0 Å². The molecule has 0 saturated carbocycles. The molecule has 1 saturated heterocycles. The van der Waals surface area contributed by atoms with E-state index in [4.69, 9.17) is 0 Å². The van der Waals surface area contributed by atoms with Crippen LogP contribution in [0.3, 0.4) is 0 Å². The van der Waals surface area contributed by atoms with Gasteiger partial charge in [-0.3, -0.25) is 4.79 Å². The van der Waals surface area contributed by atoms with Crippen molar-refractivity contribution in [2.45, 2.75) is 32.7 Å². The number of piperidine rings is 1. The van der Waals surface area contributed by atoms with Crippen LogP contribution < -0.4 is 10.6 Å². The molecule has 1 aliphatic heterocycles. The average Bonchev–Trinajstić information content (AvgIpc) is 2.66. The van der Waals surface area contributed by atoms with Crippen molar-refractivity contribution in [1.82, 2.24) is 20.4 Å². The van der Waals surface area contributed by atoms with E-state index in [2.05, 4.69) is 27.4 Å². The number of hydrogen-bond donors (Lipinski definition) is 2. The molecular weight excluding hydrogens is 326 g/mol. The Hall–Kier alpha value is -2.08. The molecule has 0 unspecified atom stereocenters. The number of guanidine groups is 1. The first-order valence-corrected chi connectivity index (χ1v) is 9.65. The number of rotatable bonds is 7. The number of nitrogens with one attached hydrogen (secondary N) is 2. The summed E-state index contributed by atoms with van der Waals surface area (Å²) in [4.78, 5) is 20.7. The molecule has 1 heterocycles. The number of aliphatic imine (C=N–C) groups is 1. The van der Waals surface area contributed by atoms with E-state index in [1.807, 2.05) is 24.3 Å². The van der Waals surface area contributed by atoms with Gasteiger partial charge in [0.25, 0.3) is 5.91 Å². The van der Waals surface area contributed by atoms with Crippen molar-refractivity contribution < 1.29 is 4.79 Å². The number of nitrogens with zero attached hydrogens (tertiary/aromatic N) is 3. The number of benzene rings is 1. The molecule has 0 aliphatic carbocycles. The second-order valence-corrected chi connectivity index (χ2v) is 6.92. The summed E-state index contributed by atoms with van der Waals surface area (Å²) in [5.41, 5.74) is 1.79. The Kier molecular flexibility index (Phi) is 8.41. The van der Waals surface area contributed by atoms with E-state index in [0.29, 0.717) is 12.1 Å². The number of carbonyl (C=O) groups is 1. The maximum atomic E-state index is 11.9. The molecule has 0 spiro atoms. The molecular formula is C20H33N5O. The minimum Gasteiger partial charge on any atom is -0.357 e. The summed E-state index contributed by atoms with van der Waals surface area (Å²) in [6.45, 7) is 7.90. The van der Waals surface area contributed by atoms with Crippen molar-refractivity contribution in [1.29, 1.82) is 0 Å². The van der Waals surface area contributed by atoms with Crippen LogP contribution in [0.5, 0.6) is 0 Å². The molecule has 0 radical (unpaired) electrons. The molecule has 0 bridgehead atoms. The first kappa shape index (κ1) is 20.2. The van der Waals surface area contributed by atoms with Crippen molar-refractivity contribution in [2.24, 2.45) is 4.99 Å². The van der Waals surface area contributed by atoms with Crippen LogP contribution in [0.25, 0.3) is 0 Å². The van der Waals surface area contributed by atoms with Crippen LogP contribution in [0.2, 0.25) is 0 Å².